The van der Waals surface area contributed by atoms with Gasteiger partial charge in [-0.1, -0.05) is 0 Å². The van der Waals surface area contributed by atoms with Crippen LogP contribution in [0.3, 0.4) is 0 Å². The second-order valence-electron chi connectivity index (χ2n) is 5.95. The monoisotopic (exact) mass is 319 g/mol. The summed E-state index contributed by atoms with van der Waals surface area (Å²) in [7, 11) is 0. The molecule has 1 aromatic rings. The van der Waals surface area contributed by atoms with Crippen molar-refractivity contribution in [1.29, 1.82) is 0 Å². The van der Waals surface area contributed by atoms with E-state index in [0.717, 1.165) is 0 Å². The van der Waals surface area contributed by atoms with Gasteiger partial charge in [0.2, 0.25) is 5.91 Å². The number of amides is 3. The number of urea groups is 1. The molecule has 1 fully saturated rings. The Bertz CT molecular complexity index is 598. The van der Waals surface area contributed by atoms with Crippen LogP contribution in [-0.2, 0) is 9.59 Å². The van der Waals surface area contributed by atoms with E-state index < -0.39 is 17.8 Å². The van der Waals surface area contributed by atoms with E-state index in [1.54, 1.807) is 24.3 Å². The van der Waals surface area contributed by atoms with Crippen molar-refractivity contribution in [2.45, 2.75) is 32.7 Å². The lowest BCUT2D eigenvalue weighted by Crippen LogP contribution is -2.41. The fourth-order valence-electron chi connectivity index (χ4n) is 2.41. The normalized spacial score (nSPS) is 19.6. The second kappa shape index (κ2) is 7.13. The third-order valence-electron chi connectivity index (χ3n) is 3.76. The van der Waals surface area contributed by atoms with Gasteiger partial charge in [-0.25, -0.2) is 4.79 Å². The minimum Gasteiger partial charge on any atom is -0.481 e. The van der Waals surface area contributed by atoms with E-state index in [1.165, 1.54) is 0 Å². The van der Waals surface area contributed by atoms with Crippen LogP contribution in [0.4, 0.5) is 16.2 Å². The zero-order chi connectivity index (χ0) is 17.0. The molecule has 2 atom stereocenters. The highest BCUT2D eigenvalue weighted by atomic mass is 16.4. The van der Waals surface area contributed by atoms with Gasteiger partial charge in [-0.15, -0.1) is 0 Å². The number of anilines is 2. The molecule has 2 unspecified atom stereocenters. The largest absolute Gasteiger partial charge is 0.481 e. The molecule has 3 amide bonds. The van der Waals surface area contributed by atoms with E-state index >= 15 is 0 Å². The van der Waals surface area contributed by atoms with E-state index in [-0.39, 0.29) is 18.0 Å². The molecule has 0 aliphatic heterocycles. The summed E-state index contributed by atoms with van der Waals surface area (Å²) >= 11 is 0. The van der Waals surface area contributed by atoms with Crippen LogP contribution in [0, 0.1) is 11.8 Å². The number of carbonyl (C=O) groups is 3. The Balaban J connectivity index is 1.89. The molecule has 0 bridgehead atoms. The number of carboxylic acids is 1. The summed E-state index contributed by atoms with van der Waals surface area (Å²) in [4.78, 5) is 34.6. The van der Waals surface area contributed by atoms with Gasteiger partial charge in [-0.2, -0.15) is 0 Å². The third-order valence-corrected chi connectivity index (χ3v) is 3.76. The summed E-state index contributed by atoms with van der Waals surface area (Å²) in [5.41, 5.74) is 1.18. The zero-order valence-corrected chi connectivity index (χ0v) is 13.1. The van der Waals surface area contributed by atoms with Crippen LogP contribution in [-0.4, -0.2) is 29.1 Å². The minimum atomic E-state index is -0.924. The molecule has 2 rings (SSSR count). The molecule has 23 heavy (non-hydrogen) atoms. The van der Waals surface area contributed by atoms with Gasteiger partial charge in [0.1, 0.15) is 0 Å². The number of carbonyl (C=O) groups excluding carboxylic acids is 2. The first-order chi connectivity index (χ1) is 10.9. The highest BCUT2D eigenvalue weighted by Gasteiger charge is 2.41. The van der Waals surface area contributed by atoms with Gasteiger partial charge in [0.05, 0.1) is 11.8 Å². The average molecular weight is 319 g/mol. The van der Waals surface area contributed by atoms with E-state index in [4.69, 9.17) is 5.11 Å². The lowest BCUT2D eigenvalue weighted by molar-refractivity contribution is -0.151. The molecule has 1 saturated carbocycles. The van der Waals surface area contributed by atoms with Gasteiger partial charge in [0.25, 0.3) is 0 Å². The van der Waals surface area contributed by atoms with Crippen LogP contribution in [0.15, 0.2) is 24.3 Å². The zero-order valence-electron chi connectivity index (χ0n) is 13.1. The number of nitrogens with one attached hydrogen (secondary N) is 3. The van der Waals surface area contributed by atoms with Crippen molar-refractivity contribution < 1.29 is 19.5 Å². The highest BCUT2D eigenvalue weighted by Crippen LogP contribution is 2.35. The Morgan fingerprint density at radius 3 is 1.96 bits per heavy atom. The Morgan fingerprint density at radius 1 is 1.00 bits per heavy atom. The van der Waals surface area contributed by atoms with Crippen LogP contribution in [0.1, 0.15) is 26.7 Å². The maximum absolute atomic E-state index is 12.0. The summed E-state index contributed by atoms with van der Waals surface area (Å²) in [6, 6.07) is 6.42. The molecule has 4 N–H and O–H groups in total. The van der Waals surface area contributed by atoms with Crippen molar-refractivity contribution in [3.63, 3.8) is 0 Å². The summed E-state index contributed by atoms with van der Waals surface area (Å²) in [5, 5.41) is 17.1. The van der Waals surface area contributed by atoms with Crippen molar-refractivity contribution in [3.05, 3.63) is 24.3 Å². The first-order valence-electron chi connectivity index (χ1n) is 7.58. The van der Waals surface area contributed by atoms with Crippen molar-refractivity contribution in [2.24, 2.45) is 11.8 Å². The Kier molecular flexibility index (Phi) is 5.20. The van der Waals surface area contributed by atoms with Crippen LogP contribution in [0.5, 0.6) is 0 Å². The highest BCUT2D eigenvalue weighted by molar-refractivity contribution is 5.96. The van der Waals surface area contributed by atoms with Crippen molar-refractivity contribution in [3.8, 4) is 0 Å². The average Bonchev–Trinajstić information content (AvgIpc) is 2.37. The maximum atomic E-state index is 12.0. The van der Waals surface area contributed by atoms with E-state index in [2.05, 4.69) is 16.0 Å². The maximum Gasteiger partial charge on any atom is 0.319 e. The van der Waals surface area contributed by atoms with Crippen LogP contribution in [0.25, 0.3) is 0 Å². The first-order valence-corrected chi connectivity index (χ1v) is 7.58. The molecule has 0 aromatic heterocycles. The lowest BCUT2D eigenvalue weighted by Gasteiger charge is -2.31. The van der Waals surface area contributed by atoms with Gasteiger partial charge in [-0.3, -0.25) is 9.59 Å². The fraction of sp³-hybridized carbons (Fsp3) is 0.438. The number of aliphatic carboxylic acids is 1. The van der Waals surface area contributed by atoms with Gasteiger partial charge in [0, 0.05) is 17.4 Å². The first kappa shape index (κ1) is 16.8. The smallest absolute Gasteiger partial charge is 0.319 e. The predicted molar refractivity (Wildman–Crippen MR) is 86.2 cm³/mol. The van der Waals surface area contributed by atoms with Crippen LogP contribution < -0.4 is 16.0 Å². The van der Waals surface area contributed by atoms with Gasteiger partial charge in [0.15, 0.2) is 0 Å². The van der Waals surface area contributed by atoms with Gasteiger partial charge >= 0.3 is 12.0 Å². The van der Waals surface area contributed by atoms with Crippen molar-refractivity contribution in [2.75, 3.05) is 10.6 Å². The van der Waals surface area contributed by atoms with Gasteiger partial charge in [-0.05, 0) is 51.0 Å². The number of carboxylic acid groups (broad SMARTS) is 1. The Morgan fingerprint density at radius 2 is 1.52 bits per heavy atom. The minimum absolute atomic E-state index is 0.0400. The molecule has 124 valence electrons. The number of hydrogen-bond acceptors (Lipinski definition) is 3. The molecule has 1 aromatic carbocycles. The summed E-state index contributed by atoms with van der Waals surface area (Å²) in [5.74, 6) is -2.26. The molecule has 0 heterocycles. The van der Waals surface area contributed by atoms with Crippen molar-refractivity contribution >= 4 is 29.3 Å². The molecule has 7 nitrogen and oxygen atoms in total. The van der Waals surface area contributed by atoms with Crippen LogP contribution in [0.2, 0.25) is 0 Å². The quantitative estimate of drug-likeness (QED) is 0.667. The number of rotatable bonds is 5. The molecular formula is C16H21N3O4. The standard InChI is InChI=1S/C16H21N3O4/c1-9(2)17-16(23)19-11-5-3-10(4-6-11)18-14(20)12-7-8-13(12)15(21)22/h3-6,9,12-13H,7-8H2,1-2H3,(H,18,20)(H,21,22)(H2,17,19,23). The molecule has 0 spiro atoms. The Hall–Kier alpha value is -2.57. The van der Waals surface area contributed by atoms with E-state index in [1.807, 2.05) is 13.8 Å². The topological polar surface area (TPSA) is 108 Å². The molecule has 1 aliphatic carbocycles. The molecule has 7 heteroatoms. The SMILES string of the molecule is CC(C)NC(=O)Nc1ccc(NC(=O)C2CCC2C(=O)O)cc1. The molecule has 1 aliphatic rings. The van der Waals surface area contributed by atoms with E-state index in [0.29, 0.717) is 24.2 Å². The van der Waals surface area contributed by atoms with E-state index in [9.17, 15) is 14.4 Å². The second-order valence-corrected chi connectivity index (χ2v) is 5.95. The van der Waals surface area contributed by atoms with Gasteiger partial charge < -0.3 is 21.1 Å². The van der Waals surface area contributed by atoms with Crippen molar-refractivity contribution in [1.82, 2.24) is 5.32 Å². The number of hydrogen-bond donors (Lipinski definition) is 4. The van der Waals surface area contributed by atoms with Crippen LogP contribution >= 0.6 is 0 Å². The fourth-order valence-corrected chi connectivity index (χ4v) is 2.41. The molecule has 0 radical (unpaired) electrons. The summed E-state index contributed by atoms with van der Waals surface area (Å²) in [6.07, 6.45) is 1.14. The number of benzene rings is 1. The predicted octanol–water partition coefficient (Wildman–Crippen LogP) is 2.27. The summed E-state index contributed by atoms with van der Waals surface area (Å²) < 4.78 is 0. The molecule has 0 saturated heterocycles. The lowest BCUT2D eigenvalue weighted by atomic mass is 9.73. The third kappa shape index (κ3) is 4.45. The summed E-state index contributed by atoms with van der Waals surface area (Å²) in [6.45, 7) is 3.73. The molecular weight excluding hydrogens is 298 g/mol. The Labute approximate surface area is 134 Å².